The van der Waals surface area contributed by atoms with Crippen LogP contribution in [0.25, 0.3) is 0 Å². The lowest BCUT2D eigenvalue weighted by molar-refractivity contribution is -0.118. The van der Waals surface area contributed by atoms with E-state index in [1.165, 1.54) is 4.90 Å². The van der Waals surface area contributed by atoms with E-state index in [2.05, 4.69) is 4.74 Å². The summed E-state index contributed by atoms with van der Waals surface area (Å²) in [6.07, 6.45) is -2.06. The van der Waals surface area contributed by atoms with Crippen LogP contribution in [0.4, 0.5) is 15.3 Å². The molecule has 3 amide bonds. The van der Waals surface area contributed by atoms with Crippen molar-refractivity contribution in [3.05, 3.63) is 87.9 Å². The van der Waals surface area contributed by atoms with Crippen molar-refractivity contribution in [2.24, 2.45) is 5.73 Å². The molecule has 0 spiro atoms. The molecule has 0 saturated carbocycles. The van der Waals surface area contributed by atoms with Crippen molar-refractivity contribution in [2.75, 3.05) is 25.1 Å². The van der Waals surface area contributed by atoms with Gasteiger partial charge in [0.05, 0.1) is 38.8 Å². The normalized spacial score (nSPS) is 17.5. The SMILES string of the molecule is COc1cc2c(cc1OC(C)C)C(c1ccc(Cl)cc1)N(c1ccc(C3(O)CN(C(=O)OC(N)=O)C3)cc1)C(=O)C2. The minimum atomic E-state index is -1.33. The summed E-state index contributed by atoms with van der Waals surface area (Å²) in [5.41, 5.74) is 7.33. The van der Waals surface area contributed by atoms with Gasteiger partial charge in [-0.2, -0.15) is 0 Å². The fraction of sp³-hybridized carbons (Fsp3) is 0.300. The highest BCUT2D eigenvalue weighted by molar-refractivity contribution is 6.30. The van der Waals surface area contributed by atoms with Gasteiger partial charge in [0, 0.05) is 10.7 Å². The minimum absolute atomic E-state index is 0.0671. The number of halogens is 1. The van der Waals surface area contributed by atoms with Crippen molar-refractivity contribution in [2.45, 2.75) is 38.0 Å². The number of likely N-dealkylation sites (tertiary alicyclic amines) is 1. The number of aliphatic hydroxyl groups is 1. The summed E-state index contributed by atoms with van der Waals surface area (Å²) in [6.45, 7) is 3.73. The molecule has 3 N–H and O–H groups in total. The highest BCUT2D eigenvalue weighted by Crippen LogP contribution is 2.44. The predicted octanol–water partition coefficient (Wildman–Crippen LogP) is 4.53. The van der Waals surface area contributed by atoms with Crippen LogP contribution in [0, 0.1) is 0 Å². The van der Waals surface area contributed by atoms with Crippen LogP contribution in [0.15, 0.2) is 60.7 Å². The van der Waals surface area contributed by atoms with Gasteiger partial charge in [-0.15, -0.1) is 0 Å². The van der Waals surface area contributed by atoms with Crippen LogP contribution < -0.4 is 20.1 Å². The first-order valence-corrected chi connectivity index (χ1v) is 13.4. The number of amides is 3. The van der Waals surface area contributed by atoms with E-state index in [1.807, 2.05) is 38.1 Å². The molecule has 0 radical (unpaired) electrons. The second-order valence-corrected chi connectivity index (χ2v) is 10.8. The summed E-state index contributed by atoms with van der Waals surface area (Å²) in [4.78, 5) is 39.4. The van der Waals surface area contributed by atoms with Crippen molar-refractivity contribution in [3.63, 3.8) is 0 Å². The molecule has 1 fully saturated rings. The zero-order valence-electron chi connectivity index (χ0n) is 22.8. The Bertz CT molecular complexity index is 1490. The topological polar surface area (TPSA) is 132 Å². The first-order valence-electron chi connectivity index (χ1n) is 13.0. The molecule has 3 aromatic carbocycles. The Morgan fingerprint density at radius 2 is 1.71 bits per heavy atom. The first kappa shape index (κ1) is 28.3. The van der Waals surface area contributed by atoms with Gasteiger partial charge >= 0.3 is 12.2 Å². The number of β-amino-alcohol motifs (C(OH)–C–C–N with tert-alkyl or cyclic N) is 1. The van der Waals surface area contributed by atoms with Gasteiger partial charge in [-0.05, 0) is 72.5 Å². The Morgan fingerprint density at radius 3 is 2.29 bits per heavy atom. The fourth-order valence-corrected chi connectivity index (χ4v) is 5.43. The number of anilines is 1. The number of ether oxygens (including phenoxy) is 3. The van der Waals surface area contributed by atoms with Gasteiger partial charge in [-0.1, -0.05) is 35.9 Å². The zero-order valence-corrected chi connectivity index (χ0v) is 23.6. The average molecular weight is 580 g/mol. The van der Waals surface area contributed by atoms with Crippen molar-refractivity contribution in [3.8, 4) is 11.5 Å². The lowest BCUT2D eigenvalue weighted by atomic mass is 9.85. The highest BCUT2D eigenvalue weighted by atomic mass is 35.5. The maximum atomic E-state index is 13.7. The lowest BCUT2D eigenvalue weighted by Gasteiger charge is -2.45. The molecular formula is C30H30ClN3O7. The number of benzene rings is 3. The van der Waals surface area contributed by atoms with Crippen molar-refractivity contribution in [1.82, 2.24) is 4.90 Å². The molecule has 0 aromatic heterocycles. The maximum absolute atomic E-state index is 13.7. The summed E-state index contributed by atoms with van der Waals surface area (Å²) in [7, 11) is 1.57. The number of rotatable bonds is 6. The van der Waals surface area contributed by atoms with Crippen LogP contribution in [-0.2, 0) is 21.6 Å². The van der Waals surface area contributed by atoms with Gasteiger partial charge < -0.3 is 34.9 Å². The van der Waals surface area contributed by atoms with Crippen LogP contribution in [0.5, 0.6) is 11.5 Å². The summed E-state index contributed by atoms with van der Waals surface area (Å²) < 4.78 is 16.0. The molecule has 214 valence electrons. The van der Waals surface area contributed by atoms with Crippen LogP contribution >= 0.6 is 11.6 Å². The number of hydrogen-bond acceptors (Lipinski definition) is 7. The van der Waals surface area contributed by atoms with Gasteiger partial charge in [0.2, 0.25) is 5.91 Å². The number of nitrogens with zero attached hydrogens (tertiary/aromatic N) is 2. The van der Waals surface area contributed by atoms with Gasteiger partial charge in [0.1, 0.15) is 5.60 Å². The van der Waals surface area contributed by atoms with E-state index in [4.69, 9.17) is 26.8 Å². The Labute approximate surface area is 242 Å². The van der Waals surface area contributed by atoms with Crippen molar-refractivity contribution >= 4 is 35.4 Å². The van der Waals surface area contributed by atoms with Gasteiger partial charge in [0.25, 0.3) is 0 Å². The number of fused-ring (bicyclic) bond motifs is 1. The van der Waals surface area contributed by atoms with E-state index < -0.39 is 23.8 Å². The molecule has 11 heteroatoms. The summed E-state index contributed by atoms with van der Waals surface area (Å²) in [6, 6.07) is 17.6. The lowest BCUT2D eigenvalue weighted by Crippen LogP contribution is -2.61. The average Bonchev–Trinajstić information content (AvgIpc) is 2.90. The third-order valence-corrected chi connectivity index (χ3v) is 7.42. The van der Waals surface area contributed by atoms with E-state index in [0.29, 0.717) is 27.8 Å². The quantitative estimate of drug-likeness (QED) is 0.410. The molecule has 41 heavy (non-hydrogen) atoms. The molecule has 1 unspecified atom stereocenters. The molecule has 10 nitrogen and oxygen atoms in total. The molecule has 1 saturated heterocycles. The second kappa shape index (κ2) is 10.9. The maximum Gasteiger partial charge on any atom is 0.418 e. The monoisotopic (exact) mass is 579 g/mol. The van der Waals surface area contributed by atoms with E-state index in [9.17, 15) is 19.5 Å². The number of carbonyl (C=O) groups is 3. The summed E-state index contributed by atoms with van der Waals surface area (Å²) in [5.74, 6) is 1.02. The number of hydrogen-bond donors (Lipinski definition) is 2. The van der Waals surface area contributed by atoms with Gasteiger partial charge in [-0.25, -0.2) is 9.59 Å². The Hall–Kier alpha value is -4.28. The van der Waals surface area contributed by atoms with Crippen LogP contribution in [-0.4, -0.2) is 54.4 Å². The summed E-state index contributed by atoms with van der Waals surface area (Å²) >= 11 is 6.19. The smallest absolute Gasteiger partial charge is 0.418 e. The van der Waals surface area contributed by atoms with Gasteiger partial charge in [-0.3, -0.25) is 4.79 Å². The standard InChI is InChI=1S/C30H30ClN3O7/c1-17(2)40-25-14-23-19(12-24(25)39-3)13-26(35)34(27(23)18-4-8-21(31)9-5-18)22-10-6-20(7-11-22)30(38)15-33(16-30)29(37)41-28(32)36/h4-12,14,17,27,38H,13,15-16H2,1-3H3,(H2,32,36). The molecule has 1 atom stereocenters. The van der Waals surface area contributed by atoms with Crippen LogP contribution in [0.3, 0.4) is 0 Å². The molecule has 2 aliphatic heterocycles. The summed E-state index contributed by atoms with van der Waals surface area (Å²) in [5, 5.41) is 11.6. The molecule has 2 aliphatic rings. The number of carbonyl (C=O) groups excluding carboxylic acids is 3. The zero-order chi connectivity index (χ0) is 29.5. The van der Waals surface area contributed by atoms with E-state index >= 15 is 0 Å². The largest absolute Gasteiger partial charge is 0.493 e. The number of nitrogens with two attached hydrogens (primary N) is 1. The van der Waals surface area contributed by atoms with E-state index in [-0.39, 0.29) is 31.5 Å². The predicted molar refractivity (Wildman–Crippen MR) is 151 cm³/mol. The molecule has 3 aromatic rings. The molecule has 5 rings (SSSR count). The minimum Gasteiger partial charge on any atom is -0.493 e. The number of methoxy groups -OCH3 is 1. The highest BCUT2D eigenvalue weighted by Gasteiger charge is 2.46. The van der Waals surface area contributed by atoms with E-state index in [1.54, 1.807) is 48.4 Å². The van der Waals surface area contributed by atoms with Crippen LogP contribution in [0.1, 0.15) is 42.1 Å². The first-order chi connectivity index (χ1) is 19.5. The van der Waals surface area contributed by atoms with Crippen molar-refractivity contribution < 1.29 is 33.7 Å². The third kappa shape index (κ3) is 5.53. The Balaban J connectivity index is 1.50. The third-order valence-electron chi connectivity index (χ3n) is 7.17. The van der Waals surface area contributed by atoms with Gasteiger partial charge in [0.15, 0.2) is 11.5 Å². The molecule has 0 aliphatic carbocycles. The molecular weight excluding hydrogens is 550 g/mol. The second-order valence-electron chi connectivity index (χ2n) is 10.4. The van der Waals surface area contributed by atoms with Crippen molar-refractivity contribution in [1.29, 1.82) is 0 Å². The fourth-order valence-electron chi connectivity index (χ4n) is 5.31. The Morgan fingerprint density at radius 1 is 1.05 bits per heavy atom. The molecule has 2 heterocycles. The Kier molecular flexibility index (Phi) is 7.54. The molecule has 0 bridgehead atoms. The van der Waals surface area contributed by atoms with E-state index in [0.717, 1.165) is 16.7 Å². The number of primary amides is 1. The van der Waals surface area contributed by atoms with Crippen LogP contribution in [0.2, 0.25) is 5.02 Å².